The lowest BCUT2D eigenvalue weighted by Crippen LogP contribution is -2.45. The number of halogens is 2. The zero-order valence-corrected chi connectivity index (χ0v) is 10.9. The van der Waals surface area contributed by atoms with Crippen molar-refractivity contribution in [2.75, 3.05) is 6.54 Å². The van der Waals surface area contributed by atoms with Gasteiger partial charge in [-0.05, 0) is 44.9 Å². The van der Waals surface area contributed by atoms with Crippen molar-refractivity contribution in [1.29, 1.82) is 0 Å². The molecule has 1 aliphatic rings. The largest absolute Gasteiger partial charge is 0.352 e. The van der Waals surface area contributed by atoms with E-state index in [0.717, 1.165) is 19.4 Å². The van der Waals surface area contributed by atoms with Crippen LogP contribution < -0.4 is 10.6 Å². The van der Waals surface area contributed by atoms with Gasteiger partial charge in [-0.15, -0.1) is 0 Å². The number of rotatable bonds is 4. The Morgan fingerprint density at radius 1 is 1.47 bits per heavy atom. The Bertz CT molecular complexity index is 439. The van der Waals surface area contributed by atoms with Crippen LogP contribution in [0, 0.1) is 11.6 Å². The molecule has 1 saturated heterocycles. The topological polar surface area (TPSA) is 41.1 Å². The van der Waals surface area contributed by atoms with Crippen molar-refractivity contribution in [2.45, 2.75) is 38.3 Å². The summed E-state index contributed by atoms with van der Waals surface area (Å²) in [4.78, 5) is 11.9. The Kier molecular flexibility index (Phi) is 4.47. The Labute approximate surface area is 111 Å². The van der Waals surface area contributed by atoms with Crippen molar-refractivity contribution in [3.05, 3.63) is 35.4 Å². The lowest BCUT2D eigenvalue weighted by Gasteiger charge is -2.17. The molecule has 2 atom stereocenters. The molecule has 0 spiro atoms. The van der Waals surface area contributed by atoms with Gasteiger partial charge in [0.15, 0.2) is 0 Å². The van der Waals surface area contributed by atoms with Crippen LogP contribution in [-0.2, 0) is 11.2 Å². The van der Waals surface area contributed by atoms with Crippen molar-refractivity contribution in [3.63, 3.8) is 0 Å². The first-order chi connectivity index (χ1) is 9.08. The summed E-state index contributed by atoms with van der Waals surface area (Å²) < 4.78 is 27.0. The summed E-state index contributed by atoms with van der Waals surface area (Å²) in [7, 11) is 0. The van der Waals surface area contributed by atoms with E-state index in [9.17, 15) is 13.6 Å². The second-order valence-electron chi connectivity index (χ2n) is 4.96. The van der Waals surface area contributed by atoms with Crippen LogP contribution in [0.5, 0.6) is 0 Å². The molecule has 5 heteroatoms. The highest BCUT2D eigenvalue weighted by Gasteiger charge is 2.23. The molecule has 2 N–H and O–H groups in total. The number of carbonyl (C=O) groups excluding carboxylic acids is 1. The number of hydrogen-bond acceptors (Lipinski definition) is 2. The molecule has 1 unspecified atom stereocenters. The van der Waals surface area contributed by atoms with Crippen LogP contribution in [0.2, 0.25) is 0 Å². The molecule has 0 aromatic heterocycles. The predicted octanol–water partition coefficient (Wildman–Crippen LogP) is 1.76. The van der Waals surface area contributed by atoms with Crippen molar-refractivity contribution in [1.82, 2.24) is 10.6 Å². The van der Waals surface area contributed by atoms with Crippen LogP contribution in [0.3, 0.4) is 0 Å². The summed E-state index contributed by atoms with van der Waals surface area (Å²) in [6, 6.07) is 3.31. The molecule has 104 valence electrons. The maximum absolute atomic E-state index is 13.5. The summed E-state index contributed by atoms with van der Waals surface area (Å²) in [6.45, 7) is 2.59. The zero-order valence-electron chi connectivity index (χ0n) is 10.9. The van der Waals surface area contributed by atoms with Crippen molar-refractivity contribution >= 4 is 5.91 Å². The van der Waals surface area contributed by atoms with Crippen LogP contribution in [0.25, 0.3) is 0 Å². The summed E-state index contributed by atoms with van der Waals surface area (Å²) in [6.07, 6.45) is 1.94. The zero-order chi connectivity index (χ0) is 13.8. The molecule has 0 aliphatic carbocycles. The standard InChI is InChI=1S/C14H18F2N2O/c1-9(18-14(19)13-6-3-7-17-13)8-10-11(15)4-2-5-12(10)16/h2,4-5,9,13,17H,3,6-8H2,1H3,(H,18,19)/t9?,13-/m0/s1. The van der Waals surface area contributed by atoms with Gasteiger partial charge in [0.05, 0.1) is 6.04 Å². The molecule has 3 nitrogen and oxygen atoms in total. The number of nitrogens with one attached hydrogen (secondary N) is 2. The second-order valence-corrected chi connectivity index (χ2v) is 4.96. The van der Waals surface area contributed by atoms with Gasteiger partial charge in [0, 0.05) is 11.6 Å². The lowest BCUT2D eigenvalue weighted by molar-refractivity contribution is -0.123. The Balaban J connectivity index is 1.93. The molecular weight excluding hydrogens is 250 g/mol. The highest BCUT2D eigenvalue weighted by molar-refractivity contribution is 5.82. The minimum Gasteiger partial charge on any atom is -0.352 e. The number of hydrogen-bond donors (Lipinski definition) is 2. The monoisotopic (exact) mass is 268 g/mol. The van der Waals surface area contributed by atoms with E-state index in [1.165, 1.54) is 18.2 Å². The molecule has 0 bridgehead atoms. The Morgan fingerprint density at radius 3 is 2.74 bits per heavy atom. The third-order valence-electron chi connectivity index (χ3n) is 3.34. The molecule has 19 heavy (non-hydrogen) atoms. The molecule has 0 radical (unpaired) electrons. The van der Waals surface area contributed by atoms with E-state index < -0.39 is 11.6 Å². The molecule has 1 aromatic rings. The molecule has 1 heterocycles. The summed E-state index contributed by atoms with van der Waals surface area (Å²) in [5.41, 5.74) is 0.0229. The van der Waals surface area contributed by atoms with Gasteiger partial charge in [-0.2, -0.15) is 0 Å². The lowest BCUT2D eigenvalue weighted by atomic mass is 10.1. The summed E-state index contributed by atoms with van der Waals surface area (Å²) >= 11 is 0. The number of benzene rings is 1. The minimum atomic E-state index is -0.569. The molecule has 0 saturated carbocycles. The molecule has 1 amide bonds. The third kappa shape index (κ3) is 3.50. The van der Waals surface area contributed by atoms with E-state index in [-0.39, 0.29) is 30.0 Å². The van der Waals surface area contributed by atoms with Crippen molar-refractivity contribution < 1.29 is 13.6 Å². The van der Waals surface area contributed by atoms with Crippen LogP contribution in [0.1, 0.15) is 25.3 Å². The highest BCUT2D eigenvalue weighted by atomic mass is 19.1. The average Bonchev–Trinajstić information content (AvgIpc) is 2.88. The van der Waals surface area contributed by atoms with E-state index in [0.29, 0.717) is 0 Å². The van der Waals surface area contributed by atoms with Gasteiger partial charge >= 0.3 is 0 Å². The van der Waals surface area contributed by atoms with Gasteiger partial charge < -0.3 is 10.6 Å². The molecule has 1 aromatic carbocycles. The maximum atomic E-state index is 13.5. The maximum Gasteiger partial charge on any atom is 0.237 e. The summed E-state index contributed by atoms with van der Waals surface area (Å²) in [5, 5.41) is 5.88. The second kappa shape index (κ2) is 6.10. The molecular formula is C14H18F2N2O. The van der Waals surface area contributed by atoms with Crippen LogP contribution in [0.4, 0.5) is 8.78 Å². The van der Waals surface area contributed by atoms with Gasteiger partial charge in [0.2, 0.25) is 5.91 Å². The predicted molar refractivity (Wildman–Crippen MR) is 68.7 cm³/mol. The quantitative estimate of drug-likeness (QED) is 0.873. The Hall–Kier alpha value is -1.49. The fourth-order valence-corrected chi connectivity index (χ4v) is 2.34. The first kappa shape index (κ1) is 13.9. The average molecular weight is 268 g/mol. The minimum absolute atomic E-state index is 0.0229. The van der Waals surface area contributed by atoms with Gasteiger partial charge in [0.1, 0.15) is 11.6 Å². The van der Waals surface area contributed by atoms with E-state index >= 15 is 0 Å². The van der Waals surface area contributed by atoms with E-state index in [1.54, 1.807) is 6.92 Å². The molecule has 1 aliphatic heterocycles. The van der Waals surface area contributed by atoms with Gasteiger partial charge in [-0.1, -0.05) is 6.07 Å². The fraction of sp³-hybridized carbons (Fsp3) is 0.500. The first-order valence-electron chi connectivity index (χ1n) is 6.54. The van der Waals surface area contributed by atoms with Gasteiger partial charge in [-0.25, -0.2) is 8.78 Å². The first-order valence-corrected chi connectivity index (χ1v) is 6.54. The third-order valence-corrected chi connectivity index (χ3v) is 3.34. The van der Waals surface area contributed by atoms with Crippen LogP contribution >= 0.6 is 0 Å². The van der Waals surface area contributed by atoms with Crippen molar-refractivity contribution in [2.24, 2.45) is 0 Å². The highest BCUT2D eigenvalue weighted by Crippen LogP contribution is 2.14. The van der Waals surface area contributed by atoms with E-state index in [2.05, 4.69) is 10.6 Å². The van der Waals surface area contributed by atoms with Crippen LogP contribution in [-0.4, -0.2) is 24.5 Å². The van der Waals surface area contributed by atoms with E-state index in [4.69, 9.17) is 0 Å². The number of amides is 1. The SMILES string of the molecule is CC(Cc1c(F)cccc1F)NC(=O)[C@@H]1CCCN1. The fourth-order valence-electron chi connectivity index (χ4n) is 2.34. The normalized spacial score (nSPS) is 20.3. The summed E-state index contributed by atoms with van der Waals surface area (Å²) in [5.74, 6) is -1.23. The molecule has 1 fully saturated rings. The van der Waals surface area contributed by atoms with E-state index in [1.807, 2.05) is 0 Å². The van der Waals surface area contributed by atoms with Gasteiger partial charge in [-0.3, -0.25) is 4.79 Å². The van der Waals surface area contributed by atoms with Gasteiger partial charge in [0.25, 0.3) is 0 Å². The molecule has 2 rings (SSSR count). The van der Waals surface area contributed by atoms with Crippen LogP contribution in [0.15, 0.2) is 18.2 Å². The smallest absolute Gasteiger partial charge is 0.237 e. The van der Waals surface area contributed by atoms with Crippen molar-refractivity contribution in [3.8, 4) is 0 Å². The number of carbonyl (C=O) groups is 1. The Morgan fingerprint density at radius 2 is 2.16 bits per heavy atom.